The molecule has 0 radical (unpaired) electrons. The van der Waals surface area contributed by atoms with E-state index in [-0.39, 0.29) is 16.6 Å². The largest absolute Gasteiger partial charge is 0.475 e. The summed E-state index contributed by atoms with van der Waals surface area (Å²) in [7, 11) is 1.42. The number of primary amides is 1. The van der Waals surface area contributed by atoms with Crippen LogP contribution in [0.2, 0.25) is 0 Å². The average molecular weight is 471 g/mol. The third kappa shape index (κ3) is 4.17. The number of aliphatic hydroxyl groups is 1. The molecule has 0 aliphatic heterocycles. The van der Waals surface area contributed by atoms with Crippen molar-refractivity contribution in [2.75, 3.05) is 13.7 Å². The van der Waals surface area contributed by atoms with Gasteiger partial charge in [-0.25, -0.2) is 23.7 Å². The Labute approximate surface area is 170 Å². The minimum Gasteiger partial charge on any atom is -0.475 e. The molecule has 3 aromatic rings. The Kier molecular flexibility index (Phi) is 6.03. The Morgan fingerprint density at radius 1 is 1.34 bits per heavy atom. The molecule has 0 fully saturated rings. The maximum absolute atomic E-state index is 14.4. The molecule has 0 aliphatic rings. The first-order chi connectivity index (χ1) is 13.8. The van der Waals surface area contributed by atoms with Gasteiger partial charge in [-0.3, -0.25) is 4.79 Å². The topological polar surface area (TPSA) is 134 Å². The van der Waals surface area contributed by atoms with Gasteiger partial charge in [0.1, 0.15) is 17.1 Å². The van der Waals surface area contributed by atoms with Gasteiger partial charge in [0.15, 0.2) is 22.3 Å². The van der Waals surface area contributed by atoms with Crippen LogP contribution in [0.5, 0.6) is 11.8 Å². The molecule has 9 nitrogen and oxygen atoms in total. The van der Waals surface area contributed by atoms with Gasteiger partial charge in [-0.05, 0) is 28.1 Å². The normalized spacial score (nSPS) is 11.9. The van der Waals surface area contributed by atoms with Crippen LogP contribution >= 0.6 is 15.9 Å². The molecule has 0 spiro atoms. The van der Waals surface area contributed by atoms with Crippen molar-refractivity contribution in [3.8, 4) is 23.0 Å². The first kappa shape index (κ1) is 20.6. The number of methoxy groups -OCH3 is 1. The van der Waals surface area contributed by atoms with Crippen LogP contribution in [0.4, 0.5) is 8.78 Å². The molecule has 3 N–H and O–H groups in total. The van der Waals surface area contributed by atoms with Crippen LogP contribution in [-0.4, -0.2) is 39.7 Å². The Bertz CT molecular complexity index is 1050. The quantitative estimate of drug-likeness (QED) is 0.537. The number of benzene rings is 1. The van der Waals surface area contributed by atoms with Crippen LogP contribution in [0.3, 0.4) is 0 Å². The van der Waals surface area contributed by atoms with Gasteiger partial charge in [0.2, 0.25) is 5.89 Å². The molecule has 1 atom stereocenters. The number of carbonyl (C=O) groups excluding carboxylic acids is 1. The molecule has 1 amide bonds. The van der Waals surface area contributed by atoms with E-state index in [0.717, 1.165) is 12.1 Å². The Morgan fingerprint density at radius 3 is 2.62 bits per heavy atom. The summed E-state index contributed by atoms with van der Waals surface area (Å²) in [6.07, 6.45) is 1.61. The van der Waals surface area contributed by atoms with Gasteiger partial charge in [0.05, 0.1) is 13.7 Å². The van der Waals surface area contributed by atoms with E-state index in [9.17, 15) is 18.7 Å². The summed E-state index contributed by atoms with van der Waals surface area (Å²) in [4.78, 5) is 23.4. The molecule has 2 heterocycles. The number of rotatable bonds is 7. The van der Waals surface area contributed by atoms with Crippen LogP contribution in [0.15, 0.2) is 33.6 Å². The van der Waals surface area contributed by atoms with Crippen molar-refractivity contribution in [2.24, 2.45) is 5.73 Å². The first-order valence-corrected chi connectivity index (χ1v) is 8.73. The molecule has 12 heteroatoms. The van der Waals surface area contributed by atoms with Crippen molar-refractivity contribution in [2.45, 2.75) is 6.10 Å². The third-order valence-corrected chi connectivity index (χ3v) is 4.24. The number of carbonyl (C=O) groups is 1. The first-order valence-electron chi connectivity index (χ1n) is 7.93. The highest BCUT2D eigenvalue weighted by Crippen LogP contribution is 2.33. The predicted octanol–water partition coefficient (Wildman–Crippen LogP) is 2.39. The molecule has 1 aromatic carbocycles. The number of aliphatic hydroxyl groups excluding tert-OH is 1. The van der Waals surface area contributed by atoms with E-state index in [1.54, 1.807) is 0 Å². The highest BCUT2D eigenvalue weighted by Gasteiger charge is 2.26. The second kappa shape index (κ2) is 8.49. The molecule has 152 valence electrons. The van der Waals surface area contributed by atoms with E-state index < -0.39 is 41.6 Å². The molecular formula is C17H13BrF2N4O5. The van der Waals surface area contributed by atoms with E-state index in [4.69, 9.17) is 19.6 Å². The fourth-order valence-electron chi connectivity index (χ4n) is 2.35. The monoisotopic (exact) mass is 470 g/mol. The minimum atomic E-state index is -1.30. The number of hydrogen-bond acceptors (Lipinski definition) is 8. The average Bonchev–Trinajstić information content (AvgIpc) is 3.08. The number of hydrogen-bond donors (Lipinski definition) is 2. The summed E-state index contributed by atoms with van der Waals surface area (Å²) in [5.41, 5.74) is 4.79. The van der Waals surface area contributed by atoms with Gasteiger partial charge >= 0.3 is 6.01 Å². The van der Waals surface area contributed by atoms with Crippen molar-refractivity contribution < 1.29 is 32.6 Å². The number of amides is 1. The lowest BCUT2D eigenvalue weighted by atomic mass is 10.1. The van der Waals surface area contributed by atoms with Gasteiger partial charge in [-0.1, -0.05) is 0 Å². The fourth-order valence-corrected chi connectivity index (χ4v) is 2.83. The summed E-state index contributed by atoms with van der Waals surface area (Å²) in [5.74, 6) is -4.36. The predicted molar refractivity (Wildman–Crippen MR) is 97.1 cm³/mol. The molecule has 2 aromatic heterocycles. The zero-order valence-corrected chi connectivity index (χ0v) is 16.3. The molecule has 0 saturated heterocycles. The lowest BCUT2D eigenvalue weighted by Gasteiger charge is -2.15. The van der Waals surface area contributed by atoms with Gasteiger partial charge in [-0.2, -0.15) is 0 Å². The van der Waals surface area contributed by atoms with E-state index >= 15 is 0 Å². The lowest BCUT2D eigenvalue weighted by Crippen LogP contribution is -2.18. The maximum atomic E-state index is 14.4. The zero-order chi connectivity index (χ0) is 21.1. The third-order valence-electron chi connectivity index (χ3n) is 3.70. The second-order valence-corrected chi connectivity index (χ2v) is 6.24. The van der Waals surface area contributed by atoms with E-state index in [1.807, 2.05) is 0 Å². The summed E-state index contributed by atoms with van der Waals surface area (Å²) in [6, 6.07) is 1.93. The Balaban J connectivity index is 1.92. The molecular weight excluding hydrogens is 458 g/mol. The second-order valence-electron chi connectivity index (χ2n) is 5.52. The number of oxazole rings is 1. The molecule has 29 heavy (non-hydrogen) atoms. The lowest BCUT2D eigenvalue weighted by molar-refractivity contribution is 0.0880. The SMILES string of the molecule is COc1ncc(-c2nc(C(CO)Oc3ccc(F)c(C(N)=O)c3F)oc2Br)cn1. The number of nitrogens with two attached hydrogens (primary N) is 1. The standard InChI is InChI=1S/C17H13BrF2N4O5/c1-27-17-22-4-7(5-23-17)13-14(18)29-16(24-13)10(6-25)28-9-3-2-8(19)11(12(9)20)15(21)26/h2-5,10,25H,6H2,1H3,(H2,21,26). The van der Waals surface area contributed by atoms with Crippen molar-refractivity contribution in [3.63, 3.8) is 0 Å². The van der Waals surface area contributed by atoms with Crippen LogP contribution < -0.4 is 15.2 Å². The zero-order valence-electron chi connectivity index (χ0n) is 14.7. The van der Waals surface area contributed by atoms with Crippen LogP contribution in [0, 0.1) is 11.6 Å². The van der Waals surface area contributed by atoms with Crippen molar-refractivity contribution >= 4 is 21.8 Å². The molecule has 0 aliphatic carbocycles. The van der Waals surface area contributed by atoms with Crippen molar-refractivity contribution in [1.29, 1.82) is 0 Å². The maximum Gasteiger partial charge on any atom is 0.316 e. The van der Waals surface area contributed by atoms with Crippen LogP contribution in [0.1, 0.15) is 22.4 Å². The Morgan fingerprint density at radius 2 is 2.03 bits per heavy atom. The van der Waals surface area contributed by atoms with Crippen molar-refractivity contribution in [3.05, 3.63) is 52.3 Å². The van der Waals surface area contributed by atoms with Gasteiger partial charge in [-0.15, -0.1) is 0 Å². The van der Waals surface area contributed by atoms with Gasteiger partial charge < -0.3 is 24.7 Å². The summed E-state index contributed by atoms with van der Waals surface area (Å²) in [5, 5.41) is 9.63. The van der Waals surface area contributed by atoms with E-state index in [2.05, 4.69) is 30.9 Å². The Hall–Kier alpha value is -3.12. The highest BCUT2D eigenvalue weighted by atomic mass is 79.9. The van der Waals surface area contributed by atoms with Crippen molar-refractivity contribution in [1.82, 2.24) is 15.0 Å². The number of nitrogens with zero attached hydrogens (tertiary/aromatic N) is 3. The number of aromatic nitrogens is 3. The minimum absolute atomic E-state index is 0.116. The van der Waals surface area contributed by atoms with E-state index in [1.165, 1.54) is 19.5 Å². The van der Waals surface area contributed by atoms with Crippen LogP contribution in [0.25, 0.3) is 11.3 Å². The van der Waals surface area contributed by atoms with E-state index in [0.29, 0.717) is 11.3 Å². The molecule has 0 saturated carbocycles. The fraction of sp³-hybridized carbons (Fsp3) is 0.176. The molecule has 0 bridgehead atoms. The van der Waals surface area contributed by atoms with Crippen LogP contribution in [-0.2, 0) is 0 Å². The summed E-state index contributed by atoms with van der Waals surface area (Å²) in [6.45, 7) is -0.659. The highest BCUT2D eigenvalue weighted by molar-refractivity contribution is 9.10. The molecule has 3 rings (SSSR count). The van der Waals surface area contributed by atoms with Gasteiger partial charge in [0, 0.05) is 18.0 Å². The summed E-state index contributed by atoms with van der Waals surface area (Å²) < 4.78 is 43.8. The summed E-state index contributed by atoms with van der Waals surface area (Å²) >= 11 is 3.19. The number of ether oxygens (including phenoxy) is 2. The van der Waals surface area contributed by atoms with Gasteiger partial charge in [0.25, 0.3) is 5.91 Å². The smallest absolute Gasteiger partial charge is 0.316 e. The number of halogens is 3. The molecule has 1 unspecified atom stereocenters.